The fourth-order valence-electron chi connectivity index (χ4n) is 3.15. The highest BCUT2D eigenvalue weighted by molar-refractivity contribution is 14.0. The van der Waals surface area contributed by atoms with Crippen molar-refractivity contribution >= 4 is 29.9 Å². The van der Waals surface area contributed by atoms with Crippen molar-refractivity contribution in [1.29, 1.82) is 5.26 Å². The molecule has 6 heteroatoms. The maximum Gasteiger partial charge on any atom is 0.191 e. The summed E-state index contributed by atoms with van der Waals surface area (Å²) in [5.41, 5.74) is 3.02. The monoisotopic (exact) mass is 491 g/mol. The van der Waals surface area contributed by atoms with Crippen molar-refractivity contribution in [2.24, 2.45) is 4.99 Å². The molecule has 2 aromatic rings. The molecule has 28 heavy (non-hydrogen) atoms. The Bertz CT molecular complexity index is 766. The van der Waals surface area contributed by atoms with Crippen molar-refractivity contribution in [3.63, 3.8) is 0 Å². The number of benzene rings is 2. The highest BCUT2D eigenvalue weighted by Crippen LogP contribution is 2.19. The van der Waals surface area contributed by atoms with E-state index in [4.69, 9.17) is 5.26 Å². The van der Waals surface area contributed by atoms with Gasteiger partial charge in [0.05, 0.1) is 17.7 Å². The van der Waals surface area contributed by atoms with Gasteiger partial charge in [-0.3, -0.25) is 9.89 Å². The third-order valence-corrected chi connectivity index (χ3v) is 4.64. The van der Waals surface area contributed by atoms with E-state index in [-0.39, 0.29) is 30.0 Å². The number of rotatable bonds is 8. The highest BCUT2D eigenvalue weighted by atomic mass is 127. The molecule has 1 atom stereocenters. The zero-order chi connectivity index (χ0) is 19.5. The van der Waals surface area contributed by atoms with Crippen LogP contribution in [0.15, 0.2) is 59.6 Å². The Morgan fingerprint density at radius 3 is 2.39 bits per heavy atom. The lowest BCUT2D eigenvalue weighted by Crippen LogP contribution is -2.43. The van der Waals surface area contributed by atoms with Crippen LogP contribution in [0.4, 0.5) is 0 Å². The predicted molar refractivity (Wildman–Crippen MR) is 127 cm³/mol. The van der Waals surface area contributed by atoms with Crippen molar-refractivity contribution in [1.82, 2.24) is 15.5 Å². The third kappa shape index (κ3) is 7.13. The second-order valence-corrected chi connectivity index (χ2v) is 6.27. The van der Waals surface area contributed by atoms with Gasteiger partial charge in [0.25, 0.3) is 0 Å². The van der Waals surface area contributed by atoms with E-state index in [1.54, 1.807) is 7.05 Å². The lowest BCUT2D eigenvalue weighted by atomic mass is 10.1. The first kappa shape index (κ1) is 23.9. The van der Waals surface area contributed by atoms with Crippen LogP contribution >= 0.6 is 24.0 Å². The van der Waals surface area contributed by atoms with E-state index in [2.05, 4.69) is 64.7 Å². The summed E-state index contributed by atoms with van der Waals surface area (Å²) in [6.07, 6.45) is 0. The summed E-state index contributed by atoms with van der Waals surface area (Å²) in [4.78, 5) is 6.77. The number of hydrogen-bond acceptors (Lipinski definition) is 3. The maximum atomic E-state index is 9.03. The molecule has 0 amide bonds. The molecular weight excluding hydrogens is 461 g/mol. The molecule has 0 radical (unpaired) electrons. The molecule has 150 valence electrons. The van der Waals surface area contributed by atoms with Crippen LogP contribution in [0.5, 0.6) is 0 Å². The van der Waals surface area contributed by atoms with Crippen molar-refractivity contribution in [2.75, 3.05) is 26.7 Å². The molecule has 0 aliphatic heterocycles. The predicted octanol–water partition coefficient (Wildman–Crippen LogP) is 3.92. The molecule has 0 heterocycles. The normalized spacial score (nSPS) is 12.0. The minimum absolute atomic E-state index is 0. The maximum absolute atomic E-state index is 9.03. The van der Waals surface area contributed by atoms with Crippen LogP contribution in [-0.2, 0) is 6.54 Å². The smallest absolute Gasteiger partial charge is 0.191 e. The van der Waals surface area contributed by atoms with Crippen LogP contribution in [0.1, 0.15) is 36.6 Å². The Balaban J connectivity index is 0.00000392. The van der Waals surface area contributed by atoms with Gasteiger partial charge in [0.15, 0.2) is 5.96 Å². The van der Waals surface area contributed by atoms with Gasteiger partial charge < -0.3 is 10.6 Å². The van der Waals surface area contributed by atoms with Gasteiger partial charge in [-0.1, -0.05) is 56.3 Å². The lowest BCUT2D eigenvalue weighted by Gasteiger charge is -2.30. The summed E-state index contributed by atoms with van der Waals surface area (Å²) in [6.45, 7) is 7.75. The quantitative estimate of drug-likeness (QED) is 0.334. The number of halogens is 1. The molecule has 0 aliphatic rings. The van der Waals surface area contributed by atoms with E-state index >= 15 is 0 Å². The van der Waals surface area contributed by atoms with Gasteiger partial charge in [0, 0.05) is 20.1 Å². The van der Waals surface area contributed by atoms with Gasteiger partial charge in [-0.25, -0.2) is 0 Å². The number of likely N-dealkylation sites (N-methyl/N-ethyl adjacent to an activating group) is 1. The van der Waals surface area contributed by atoms with E-state index in [1.807, 2.05) is 30.3 Å². The Morgan fingerprint density at radius 2 is 1.79 bits per heavy atom. The Morgan fingerprint density at radius 1 is 1.07 bits per heavy atom. The first-order valence-electron chi connectivity index (χ1n) is 9.44. The third-order valence-electron chi connectivity index (χ3n) is 4.64. The SMILES string of the molecule is CCN(CC)C(CNC(=NC)NCc1cccc(C#N)c1)c1ccccc1.I. The van der Waals surface area contributed by atoms with Gasteiger partial charge in [-0.15, -0.1) is 24.0 Å². The van der Waals surface area contributed by atoms with Crippen LogP contribution in [0.2, 0.25) is 0 Å². The van der Waals surface area contributed by atoms with Gasteiger partial charge in [-0.2, -0.15) is 5.26 Å². The summed E-state index contributed by atoms with van der Waals surface area (Å²) in [5, 5.41) is 15.8. The molecule has 0 fully saturated rings. The first-order chi connectivity index (χ1) is 13.2. The van der Waals surface area contributed by atoms with Crippen molar-refractivity contribution in [3.8, 4) is 6.07 Å². The molecule has 0 saturated carbocycles. The van der Waals surface area contributed by atoms with Gasteiger partial charge >= 0.3 is 0 Å². The summed E-state index contributed by atoms with van der Waals surface area (Å²) in [6, 6.07) is 20.6. The second kappa shape index (κ2) is 13.1. The number of hydrogen-bond donors (Lipinski definition) is 2. The summed E-state index contributed by atoms with van der Waals surface area (Å²) >= 11 is 0. The Hall–Kier alpha value is -2.11. The molecule has 2 aromatic carbocycles. The van der Waals surface area contributed by atoms with Crippen molar-refractivity contribution in [3.05, 3.63) is 71.3 Å². The fraction of sp³-hybridized carbons (Fsp3) is 0.364. The highest BCUT2D eigenvalue weighted by Gasteiger charge is 2.18. The molecule has 2 N–H and O–H groups in total. The average molecular weight is 491 g/mol. The number of guanidine groups is 1. The molecule has 0 saturated heterocycles. The topological polar surface area (TPSA) is 63.4 Å². The van der Waals surface area contributed by atoms with E-state index in [0.717, 1.165) is 31.2 Å². The fourth-order valence-corrected chi connectivity index (χ4v) is 3.15. The van der Waals surface area contributed by atoms with Crippen LogP contribution in [0, 0.1) is 11.3 Å². The van der Waals surface area contributed by atoms with E-state index in [0.29, 0.717) is 12.1 Å². The number of nitrogens with zero attached hydrogens (tertiary/aromatic N) is 3. The minimum atomic E-state index is 0. The average Bonchev–Trinajstić information content (AvgIpc) is 2.73. The summed E-state index contributed by atoms with van der Waals surface area (Å²) in [7, 11) is 1.77. The van der Waals surface area contributed by atoms with Crippen LogP contribution < -0.4 is 10.6 Å². The standard InChI is InChI=1S/C22H29N5.HI/c1-4-27(5-2)21(20-12-7-6-8-13-20)17-26-22(24-3)25-16-19-11-9-10-18(14-19)15-23;/h6-14,21H,4-5,16-17H2,1-3H3,(H2,24,25,26);1H. The zero-order valence-corrected chi connectivity index (χ0v) is 19.2. The summed E-state index contributed by atoms with van der Waals surface area (Å²) < 4.78 is 0. The molecule has 0 spiro atoms. The zero-order valence-electron chi connectivity index (χ0n) is 16.9. The number of nitriles is 1. The summed E-state index contributed by atoms with van der Waals surface area (Å²) in [5.74, 6) is 0.755. The Labute approximate surface area is 185 Å². The molecule has 1 unspecified atom stereocenters. The number of aliphatic imine (C=N–C) groups is 1. The molecular formula is C22H30IN5. The lowest BCUT2D eigenvalue weighted by molar-refractivity contribution is 0.219. The van der Waals surface area contributed by atoms with Gasteiger partial charge in [0.1, 0.15) is 0 Å². The van der Waals surface area contributed by atoms with Crippen LogP contribution in [0.25, 0.3) is 0 Å². The number of nitrogens with one attached hydrogen (secondary N) is 2. The second-order valence-electron chi connectivity index (χ2n) is 6.27. The molecule has 0 aromatic heterocycles. The largest absolute Gasteiger partial charge is 0.354 e. The van der Waals surface area contributed by atoms with Crippen LogP contribution in [0.3, 0.4) is 0 Å². The van der Waals surface area contributed by atoms with Crippen LogP contribution in [-0.4, -0.2) is 37.5 Å². The van der Waals surface area contributed by atoms with Crippen molar-refractivity contribution < 1.29 is 0 Å². The van der Waals surface area contributed by atoms with E-state index < -0.39 is 0 Å². The minimum Gasteiger partial charge on any atom is -0.354 e. The van der Waals surface area contributed by atoms with Gasteiger partial charge in [0.2, 0.25) is 0 Å². The molecule has 0 bridgehead atoms. The van der Waals surface area contributed by atoms with Gasteiger partial charge in [-0.05, 0) is 36.3 Å². The van der Waals surface area contributed by atoms with E-state index in [1.165, 1.54) is 5.56 Å². The first-order valence-corrected chi connectivity index (χ1v) is 9.44. The van der Waals surface area contributed by atoms with Crippen molar-refractivity contribution in [2.45, 2.75) is 26.4 Å². The Kier molecular flexibility index (Phi) is 11.2. The van der Waals surface area contributed by atoms with E-state index in [9.17, 15) is 0 Å². The molecule has 5 nitrogen and oxygen atoms in total. The molecule has 2 rings (SSSR count). The molecule has 0 aliphatic carbocycles.